The summed E-state index contributed by atoms with van der Waals surface area (Å²) in [5.41, 5.74) is 4.73. The van der Waals surface area contributed by atoms with Crippen LogP contribution in [-0.2, 0) is 4.84 Å². The molecule has 0 spiro atoms. The zero-order chi connectivity index (χ0) is 7.52. The van der Waals surface area contributed by atoms with E-state index in [-0.39, 0.29) is 0 Å². The highest BCUT2D eigenvalue weighted by molar-refractivity contribution is 5.62. The zero-order valence-corrected chi connectivity index (χ0v) is 5.87. The molecule has 0 saturated heterocycles. The van der Waals surface area contributed by atoms with Gasteiger partial charge in [-0.1, -0.05) is 0 Å². The average Bonchev–Trinajstić information content (AvgIpc) is 2.58. The summed E-state index contributed by atoms with van der Waals surface area (Å²) < 4.78 is 0. The fourth-order valence-corrected chi connectivity index (χ4v) is 0.949. The van der Waals surface area contributed by atoms with Crippen molar-refractivity contribution >= 4 is 5.70 Å². The maximum atomic E-state index is 4.89. The normalized spacial score (nSPS) is 15.1. The second-order valence-corrected chi connectivity index (χ2v) is 2.21. The van der Waals surface area contributed by atoms with E-state index >= 15 is 0 Å². The van der Waals surface area contributed by atoms with Crippen LogP contribution in [0.4, 0.5) is 0 Å². The molecule has 1 aromatic heterocycles. The molecule has 1 aliphatic heterocycles. The minimum Gasteiger partial charge on any atom is -0.390 e. The Balaban J connectivity index is 2.29. The molecule has 56 valence electrons. The molecule has 0 radical (unpaired) electrons. The topological polar surface area (TPSA) is 37.0 Å². The molecule has 0 atom stereocenters. The van der Waals surface area contributed by atoms with Crippen molar-refractivity contribution in [3.05, 3.63) is 42.4 Å². The minimum absolute atomic E-state index is 0.942. The first-order valence-corrected chi connectivity index (χ1v) is 3.39. The van der Waals surface area contributed by atoms with Gasteiger partial charge in [-0.25, -0.2) is 5.48 Å². The summed E-state index contributed by atoms with van der Waals surface area (Å²) in [6.45, 7) is 0. The maximum absolute atomic E-state index is 4.89. The Kier molecular flexibility index (Phi) is 1.41. The van der Waals surface area contributed by atoms with E-state index in [1.165, 1.54) is 0 Å². The van der Waals surface area contributed by atoms with Gasteiger partial charge < -0.3 is 9.82 Å². The Morgan fingerprint density at radius 2 is 2.36 bits per heavy atom. The predicted octanol–water partition coefficient (Wildman–Crippen LogP) is 1.40. The molecule has 0 aromatic carbocycles. The van der Waals surface area contributed by atoms with Crippen LogP contribution in [0.5, 0.6) is 0 Å². The van der Waals surface area contributed by atoms with Gasteiger partial charge in [0.25, 0.3) is 0 Å². The van der Waals surface area contributed by atoms with Crippen molar-refractivity contribution in [1.82, 2.24) is 10.5 Å². The number of rotatable bonds is 1. The first kappa shape index (κ1) is 6.09. The van der Waals surface area contributed by atoms with Crippen molar-refractivity contribution in [2.45, 2.75) is 0 Å². The number of H-pyrrole nitrogens is 1. The monoisotopic (exact) mass is 148 g/mol. The number of nitrogens with one attached hydrogen (secondary N) is 2. The number of hydrogen-bond donors (Lipinski definition) is 2. The highest BCUT2D eigenvalue weighted by Crippen LogP contribution is 2.10. The van der Waals surface area contributed by atoms with Crippen molar-refractivity contribution in [1.29, 1.82) is 0 Å². The maximum Gasteiger partial charge on any atom is 0.119 e. The number of aromatic amines is 1. The van der Waals surface area contributed by atoms with Gasteiger partial charge in [0.05, 0.1) is 11.4 Å². The summed E-state index contributed by atoms with van der Waals surface area (Å²) >= 11 is 0. The van der Waals surface area contributed by atoms with Gasteiger partial charge >= 0.3 is 0 Å². The lowest BCUT2D eigenvalue weighted by Crippen LogP contribution is -2.11. The van der Waals surface area contributed by atoms with Crippen LogP contribution in [0.3, 0.4) is 0 Å². The van der Waals surface area contributed by atoms with E-state index < -0.39 is 0 Å². The summed E-state index contributed by atoms with van der Waals surface area (Å²) in [7, 11) is 0. The third-order valence-corrected chi connectivity index (χ3v) is 1.47. The lowest BCUT2D eigenvalue weighted by Gasteiger charge is -2.09. The van der Waals surface area contributed by atoms with Gasteiger partial charge in [-0.2, -0.15) is 0 Å². The van der Waals surface area contributed by atoms with Crippen LogP contribution < -0.4 is 5.48 Å². The molecule has 0 amide bonds. The highest BCUT2D eigenvalue weighted by Gasteiger charge is 2.01. The zero-order valence-electron chi connectivity index (χ0n) is 5.87. The van der Waals surface area contributed by atoms with Gasteiger partial charge in [-0.3, -0.25) is 0 Å². The smallest absolute Gasteiger partial charge is 0.119 e. The standard InChI is InChI=1S/C8H8N2O/c1-3-7(9-5-1)8-4-2-6-11-10-8/h1-6,9-10H. The van der Waals surface area contributed by atoms with Crippen LogP contribution >= 0.6 is 0 Å². The van der Waals surface area contributed by atoms with E-state index in [9.17, 15) is 0 Å². The largest absolute Gasteiger partial charge is 0.390 e. The highest BCUT2D eigenvalue weighted by atomic mass is 16.6. The Morgan fingerprint density at radius 3 is 3.00 bits per heavy atom. The van der Waals surface area contributed by atoms with Crippen LogP contribution in [0.2, 0.25) is 0 Å². The van der Waals surface area contributed by atoms with Gasteiger partial charge in [0.1, 0.15) is 6.26 Å². The Morgan fingerprint density at radius 1 is 1.36 bits per heavy atom. The van der Waals surface area contributed by atoms with Crippen molar-refractivity contribution in [2.75, 3.05) is 0 Å². The number of hydroxylamine groups is 1. The van der Waals surface area contributed by atoms with Crippen molar-refractivity contribution in [3.63, 3.8) is 0 Å². The molecule has 1 aliphatic rings. The van der Waals surface area contributed by atoms with Crippen LogP contribution in [0.15, 0.2) is 36.7 Å². The van der Waals surface area contributed by atoms with E-state index in [1.54, 1.807) is 6.26 Å². The Hall–Kier alpha value is -1.64. The summed E-state index contributed by atoms with van der Waals surface area (Å²) in [6, 6.07) is 3.91. The Bertz CT molecular complexity index is 285. The molecule has 0 saturated carbocycles. The van der Waals surface area contributed by atoms with Crippen LogP contribution in [-0.4, -0.2) is 4.98 Å². The van der Waals surface area contributed by atoms with Gasteiger partial charge in [0.2, 0.25) is 0 Å². The molecule has 2 N–H and O–H groups in total. The van der Waals surface area contributed by atoms with Crippen molar-refractivity contribution in [2.24, 2.45) is 0 Å². The number of hydrogen-bond acceptors (Lipinski definition) is 2. The summed E-state index contributed by atoms with van der Waals surface area (Å²) in [5.74, 6) is 0. The van der Waals surface area contributed by atoms with Crippen LogP contribution in [0, 0.1) is 0 Å². The predicted molar refractivity (Wildman–Crippen MR) is 42.1 cm³/mol. The van der Waals surface area contributed by atoms with Crippen LogP contribution in [0.1, 0.15) is 5.69 Å². The fourth-order valence-electron chi connectivity index (χ4n) is 0.949. The average molecular weight is 148 g/mol. The quantitative estimate of drug-likeness (QED) is 0.631. The molecular weight excluding hydrogens is 140 g/mol. The van der Waals surface area contributed by atoms with Gasteiger partial charge in [-0.05, 0) is 24.3 Å². The molecule has 0 aliphatic carbocycles. The summed E-state index contributed by atoms with van der Waals surface area (Å²) in [6.07, 6.45) is 7.24. The van der Waals surface area contributed by atoms with E-state index in [0.29, 0.717) is 0 Å². The molecule has 3 nitrogen and oxygen atoms in total. The third-order valence-electron chi connectivity index (χ3n) is 1.47. The van der Waals surface area contributed by atoms with E-state index in [0.717, 1.165) is 11.4 Å². The molecule has 1 aromatic rings. The molecule has 0 bridgehead atoms. The van der Waals surface area contributed by atoms with Crippen molar-refractivity contribution < 1.29 is 4.84 Å². The third kappa shape index (κ3) is 1.12. The lowest BCUT2D eigenvalue weighted by atomic mass is 10.3. The molecule has 2 rings (SSSR count). The Labute approximate surface area is 64.3 Å². The summed E-state index contributed by atoms with van der Waals surface area (Å²) in [5, 5.41) is 0. The van der Waals surface area contributed by atoms with Gasteiger partial charge in [0, 0.05) is 6.20 Å². The van der Waals surface area contributed by atoms with Gasteiger partial charge in [0.15, 0.2) is 0 Å². The second kappa shape index (κ2) is 2.54. The van der Waals surface area contributed by atoms with E-state index in [2.05, 4.69) is 10.5 Å². The van der Waals surface area contributed by atoms with Crippen LogP contribution in [0.25, 0.3) is 5.70 Å². The SMILES string of the molecule is C1=CONC(c2ccc[nH]2)=C1. The fraction of sp³-hybridized carbons (Fsp3) is 0. The first-order chi connectivity index (χ1) is 5.47. The molecule has 11 heavy (non-hydrogen) atoms. The van der Waals surface area contributed by atoms with Crippen molar-refractivity contribution in [3.8, 4) is 0 Å². The molecule has 3 heteroatoms. The second-order valence-electron chi connectivity index (χ2n) is 2.21. The molecular formula is C8H8N2O. The molecule has 0 fully saturated rings. The number of aromatic nitrogens is 1. The summed E-state index contributed by atoms with van der Waals surface area (Å²) in [4.78, 5) is 7.95. The van der Waals surface area contributed by atoms with E-state index in [4.69, 9.17) is 4.84 Å². The first-order valence-electron chi connectivity index (χ1n) is 3.39. The molecule has 2 heterocycles. The minimum atomic E-state index is 0.942. The number of allylic oxidation sites excluding steroid dienone is 2. The van der Waals surface area contributed by atoms with E-state index in [1.807, 2.05) is 30.5 Å². The molecule has 0 unspecified atom stereocenters. The lowest BCUT2D eigenvalue weighted by molar-refractivity contribution is 0.181. The van der Waals surface area contributed by atoms with Gasteiger partial charge in [-0.15, -0.1) is 0 Å².